The molecule has 1 aliphatic carbocycles. The quantitative estimate of drug-likeness (QED) is 0.505. The second kappa shape index (κ2) is 8.93. The monoisotopic (exact) mass is 231 g/mol. The Labute approximate surface area is 98.3 Å². The number of methoxy groups -OCH3 is 1. The molecule has 2 atom stereocenters. The SMILES string of the molecule is COCCOCCNC1CCCCCC1O. The van der Waals surface area contributed by atoms with Gasteiger partial charge >= 0.3 is 0 Å². The maximum absolute atomic E-state index is 9.87. The Morgan fingerprint density at radius 3 is 2.75 bits per heavy atom. The molecule has 1 aliphatic rings. The van der Waals surface area contributed by atoms with Crippen molar-refractivity contribution in [3.63, 3.8) is 0 Å². The van der Waals surface area contributed by atoms with Crippen molar-refractivity contribution in [3.8, 4) is 0 Å². The van der Waals surface area contributed by atoms with Gasteiger partial charge in [0.1, 0.15) is 0 Å². The van der Waals surface area contributed by atoms with E-state index in [4.69, 9.17) is 9.47 Å². The van der Waals surface area contributed by atoms with Gasteiger partial charge in [-0.05, 0) is 12.8 Å². The third kappa shape index (κ3) is 5.80. The van der Waals surface area contributed by atoms with Crippen LogP contribution in [-0.2, 0) is 9.47 Å². The van der Waals surface area contributed by atoms with Crippen LogP contribution in [0.2, 0.25) is 0 Å². The van der Waals surface area contributed by atoms with Gasteiger partial charge in [-0.15, -0.1) is 0 Å². The van der Waals surface area contributed by atoms with E-state index in [1.54, 1.807) is 7.11 Å². The highest BCUT2D eigenvalue weighted by Gasteiger charge is 2.20. The van der Waals surface area contributed by atoms with E-state index in [2.05, 4.69) is 5.32 Å². The van der Waals surface area contributed by atoms with Crippen molar-refractivity contribution in [1.29, 1.82) is 0 Å². The predicted molar refractivity (Wildman–Crippen MR) is 63.6 cm³/mol. The van der Waals surface area contributed by atoms with Crippen LogP contribution >= 0.6 is 0 Å². The minimum atomic E-state index is -0.179. The number of hydrogen-bond donors (Lipinski definition) is 2. The maximum Gasteiger partial charge on any atom is 0.0700 e. The molecule has 1 rings (SSSR count). The fourth-order valence-corrected chi connectivity index (χ4v) is 2.09. The molecule has 0 radical (unpaired) electrons. The third-order valence-electron chi connectivity index (χ3n) is 3.06. The fraction of sp³-hybridized carbons (Fsp3) is 1.00. The van der Waals surface area contributed by atoms with E-state index >= 15 is 0 Å². The Hall–Kier alpha value is -0.160. The second-order valence-corrected chi connectivity index (χ2v) is 4.37. The van der Waals surface area contributed by atoms with Gasteiger partial charge in [0.25, 0.3) is 0 Å². The summed E-state index contributed by atoms with van der Waals surface area (Å²) >= 11 is 0. The summed E-state index contributed by atoms with van der Waals surface area (Å²) in [6.07, 6.45) is 5.46. The summed E-state index contributed by atoms with van der Waals surface area (Å²) in [4.78, 5) is 0. The number of hydrogen-bond acceptors (Lipinski definition) is 4. The van der Waals surface area contributed by atoms with Crippen LogP contribution in [0.15, 0.2) is 0 Å². The number of nitrogens with one attached hydrogen (secondary N) is 1. The van der Waals surface area contributed by atoms with Gasteiger partial charge in [0.15, 0.2) is 0 Å². The Bertz CT molecular complexity index is 166. The molecule has 0 aromatic carbocycles. The Morgan fingerprint density at radius 1 is 1.12 bits per heavy atom. The highest BCUT2D eigenvalue weighted by atomic mass is 16.5. The van der Waals surface area contributed by atoms with Gasteiger partial charge in [-0.25, -0.2) is 0 Å². The van der Waals surface area contributed by atoms with Crippen molar-refractivity contribution < 1.29 is 14.6 Å². The number of aliphatic hydroxyl groups is 1. The Morgan fingerprint density at radius 2 is 1.94 bits per heavy atom. The van der Waals surface area contributed by atoms with E-state index < -0.39 is 0 Å². The zero-order valence-corrected chi connectivity index (χ0v) is 10.3. The molecule has 0 aliphatic heterocycles. The van der Waals surface area contributed by atoms with Gasteiger partial charge in [0.05, 0.1) is 25.9 Å². The number of aliphatic hydroxyl groups excluding tert-OH is 1. The van der Waals surface area contributed by atoms with Gasteiger partial charge in [0.2, 0.25) is 0 Å². The van der Waals surface area contributed by atoms with Crippen molar-refractivity contribution >= 4 is 0 Å². The van der Waals surface area contributed by atoms with Gasteiger partial charge in [-0.1, -0.05) is 19.3 Å². The first kappa shape index (κ1) is 13.9. The van der Waals surface area contributed by atoms with Crippen LogP contribution in [0.4, 0.5) is 0 Å². The van der Waals surface area contributed by atoms with Crippen LogP contribution in [0.25, 0.3) is 0 Å². The summed E-state index contributed by atoms with van der Waals surface area (Å²) in [5, 5.41) is 13.2. The molecule has 1 saturated carbocycles. The van der Waals surface area contributed by atoms with Crippen molar-refractivity contribution in [2.75, 3.05) is 33.5 Å². The van der Waals surface area contributed by atoms with E-state index in [9.17, 15) is 5.11 Å². The molecule has 0 amide bonds. The molecule has 16 heavy (non-hydrogen) atoms. The lowest BCUT2D eigenvalue weighted by atomic mass is 10.1. The van der Waals surface area contributed by atoms with E-state index in [-0.39, 0.29) is 12.1 Å². The van der Waals surface area contributed by atoms with Crippen LogP contribution in [0.5, 0.6) is 0 Å². The molecule has 2 N–H and O–H groups in total. The summed E-state index contributed by atoms with van der Waals surface area (Å²) in [6.45, 7) is 2.79. The first-order chi connectivity index (χ1) is 7.84. The zero-order valence-electron chi connectivity index (χ0n) is 10.3. The largest absolute Gasteiger partial charge is 0.392 e. The van der Waals surface area contributed by atoms with Crippen LogP contribution in [-0.4, -0.2) is 50.7 Å². The van der Waals surface area contributed by atoms with E-state index in [1.807, 2.05) is 0 Å². The Balaban J connectivity index is 2.01. The highest BCUT2D eigenvalue weighted by molar-refractivity contribution is 4.78. The first-order valence-corrected chi connectivity index (χ1v) is 6.32. The van der Waals surface area contributed by atoms with Gasteiger partial charge in [0, 0.05) is 19.7 Å². The maximum atomic E-state index is 9.87. The molecule has 0 spiro atoms. The van der Waals surface area contributed by atoms with Crippen LogP contribution in [0, 0.1) is 0 Å². The molecule has 4 heteroatoms. The molecule has 0 bridgehead atoms. The second-order valence-electron chi connectivity index (χ2n) is 4.37. The van der Waals surface area contributed by atoms with Crippen LogP contribution < -0.4 is 5.32 Å². The summed E-state index contributed by atoms with van der Waals surface area (Å²) in [5.74, 6) is 0. The van der Waals surface area contributed by atoms with Crippen molar-refractivity contribution in [2.45, 2.75) is 44.2 Å². The van der Waals surface area contributed by atoms with Crippen LogP contribution in [0.1, 0.15) is 32.1 Å². The molecule has 96 valence electrons. The fourth-order valence-electron chi connectivity index (χ4n) is 2.09. The first-order valence-electron chi connectivity index (χ1n) is 6.32. The summed E-state index contributed by atoms with van der Waals surface area (Å²) in [6, 6.07) is 0.258. The van der Waals surface area contributed by atoms with E-state index in [0.29, 0.717) is 19.8 Å². The molecular weight excluding hydrogens is 206 g/mol. The molecular formula is C12H25NO3. The lowest BCUT2D eigenvalue weighted by Gasteiger charge is -2.21. The number of ether oxygens (including phenoxy) is 2. The molecule has 0 aromatic heterocycles. The average molecular weight is 231 g/mol. The lowest BCUT2D eigenvalue weighted by molar-refractivity contribution is 0.0654. The molecule has 1 fully saturated rings. The molecule has 0 aromatic rings. The summed E-state index contributed by atoms with van der Waals surface area (Å²) in [5.41, 5.74) is 0. The van der Waals surface area contributed by atoms with Crippen LogP contribution in [0.3, 0.4) is 0 Å². The minimum absolute atomic E-state index is 0.179. The molecule has 0 saturated heterocycles. The summed E-state index contributed by atoms with van der Waals surface area (Å²) < 4.78 is 10.2. The molecule has 4 nitrogen and oxygen atoms in total. The average Bonchev–Trinajstić information content (AvgIpc) is 2.49. The van der Waals surface area contributed by atoms with Crippen molar-refractivity contribution in [3.05, 3.63) is 0 Å². The van der Waals surface area contributed by atoms with Gasteiger partial charge in [-0.3, -0.25) is 0 Å². The minimum Gasteiger partial charge on any atom is -0.392 e. The predicted octanol–water partition coefficient (Wildman–Crippen LogP) is 0.933. The summed E-state index contributed by atoms with van der Waals surface area (Å²) in [7, 11) is 1.67. The molecule has 2 unspecified atom stereocenters. The molecule has 0 heterocycles. The Kier molecular flexibility index (Phi) is 7.76. The zero-order chi connectivity index (χ0) is 11.6. The third-order valence-corrected chi connectivity index (χ3v) is 3.06. The van der Waals surface area contributed by atoms with Gasteiger partial charge < -0.3 is 19.9 Å². The lowest BCUT2D eigenvalue weighted by Crippen LogP contribution is -2.40. The van der Waals surface area contributed by atoms with Crippen molar-refractivity contribution in [1.82, 2.24) is 5.32 Å². The van der Waals surface area contributed by atoms with E-state index in [0.717, 1.165) is 25.8 Å². The van der Waals surface area contributed by atoms with Gasteiger partial charge in [-0.2, -0.15) is 0 Å². The smallest absolute Gasteiger partial charge is 0.0700 e. The van der Waals surface area contributed by atoms with E-state index in [1.165, 1.54) is 12.8 Å². The topological polar surface area (TPSA) is 50.7 Å². The standard InChI is InChI=1S/C12H25NO3/c1-15-9-10-16-8-7-13-11-5-3-2-4-6-12(11)14/h11-14H,2-10H2,1H3. The normalized spacial score (nSPS) is 26.6. The highest BCUT2D eigenvalue weighted by Crippen LogP contribution is 2.17. The van der Waals surface area contributed by atoms with Crippen molar-refractivity contribution in [2.24, 2.45) is 0 Å². The number of rotatable bonds is 7.